The molecule has 0 aliphatic heterocycles. The largest absolute Gasteiger partial charge is 0.449 e. The third kappa shape index (κ3) is 3.03. The first kappa shape index (κ1) is 12.9. The number of carbonyl (C=O) groups excluding carboxylic acids is 1. The number of benzene rings is 1. The van der Waals surface area contributed by atoms with Crippen molar-refractivity contribution in [2.24, 2.45) is 0 Å². The minimum Gasteiger partial charge on any atom is -0.449 e. The second-order valence-corrected chi connectivity index (χ2v) is 5.52. The maximum atomic E-state index is 11.5. The predicted octanol–water partition coefficient (Wildman–Crippen LogP) is 3.16. The van der Waals surface area contributed by atoms with E-state index in [1.807, 2.05) is 13.8 Å². The molecular weight excluding hydrogens is 226 g/mol. The lowest BCUT2D eigenvalue weighted by Crippen LogP contribution is -2.32. The van der Waals surface area contributed by atoms with Crippen LogP contribution in [0.15, 0.2) is 24.3 Å². The van der Waals surface area contributed by atoms with Gasteiger partial charge >= 0.3 is 6.09 Å². The molecule has 2 rings (SSSR count). The van der Waals surface area contributed by atoms with Gasteiger partial charge in [-0.05, 0) is 39.2 Å². The molecule has 0 atom stereocenters. The summed E-state index contributed by atoms with van der Waals surface area (Å²) in [7, 11) is 0. The van der Waals surface area contributed by atoms with Gasteiger partial charge in [0.25, 0.3) is 0 Å². The number of amides is 1. The lowest BCUT2D eigenvalue weighted by Gasteiger charge is -2.17. The summed E-state index contributed by atoms with van der Waals surface area (Å²) >= 11 is 0. The number of ether oxygens (including phenoxy) is 1. The monoisotopic (exact) mass is 247 g/mol. The summed E-state index contributed by atoms with van der Waals surface area (Å²) in [6.45, 7) is 6.42. The van der Waals surface area contributed by atoms with Crippen molar-refractivity contribution in [2.45, 2.75) is 45.1 Å². The fourth-order valence-electron chi connectivity index (χ4n) is 2.12. The number of hydrogen-bond donors (Lipinski definition) is 1. The maximum absolute atomic E-state index is 11.5. The van der Waals surface area contributed by atoms with E-state index < -0.39 is 0 Å². The molecule has 0 radical (unpaired) electrons. The van der Waals surface area contributed by atoms with E-state index in [0.29, 0.717) is 6.61 Å². The van der Waals surface area contributed by atoms with Crippen LogP contribution in [-0.4, -0.2) is 18.7 Å². The molecule has 1 N–H and O–H groups in total. The van der Waals surface area contributed by atoms with Crippen LogP contribution in [0, 0.1) is 6.92 Å². The Kier molecular flexibility index (Phi) is 3.60. The molecule has 1 aromatic rings. The topological polar surface area (TPSA) is 38.3 Å². The van der Waals surface area contributed by atoms with Gasteiger partial charge in [-0.3, -0.25) is 0 Å². The molecule has 0 spiro atoms. The Hall–Kier alpha value is -1.51. The number of hydrogen-bond acceptors (Lipinski definition) is 2. The molecule has 18 heavy (non-hydrogen) atoms. The quantitative estimate of drug-likeness (QED) is 0.887. The zero-order valence-corrected chi connectivity index (χ0v) is 11.3. The van der Waals surface area contributed by atoms with Crippen LogP contribution >= 0.6 is 0 Å². The first-order chi connectivity index (χ1) is 8.52. The first-order valence-corrected chi connectivity index (χ1v) is 6.52. The highest BCUT2D eigenvalue weighted by Gasteiger charge is 2.45. The van der Waals surface area contributed by atoms with E-state index >= 15 is 0 Å². The van der Waals surface area contributed by atoms with Gasteiger partial charge in [-0.1, -0.05) is 29.8 Å². The molecule has 1 fully saturated rings. The molecule has 0 heterocycles. The summed E-state index contributed by atoms with van der Waals surface area (Å²) in [6, 6.07) is 8.59. The van der Waals surface area contributed by atoms with Gasteiger partial charge in [0.2, 0.25) is 0 Å². The third-order valence-electron chi connectivity index (χ3n) is 3.37. The minimum absolute atomic E-state index is 0.0698. The van der Waals surface area contributed by atoms with Crippen molar-refractivity contribution in [1.82, 2.24) is 5.32 Å². The van der Waals surface area contributed by atoms with E-state index in [9.17, 15) is 4.79 Å². The van der Waals surface area contributed by atoms with Crippen LogP contribution in [0.4, 0.5) is 4.79 Å². The summed E-state index contributed by atoms with van der Waals surface area (Å²) in [5.41, 5.74) is 2.62. The highest BCUT2D eigenvalue weighted by molar-refractivity contribution is 5.67. The fraction of sp³-hybridized carbons (Fsp3) is 0.533. The number of rotatable bonds is 4. The van der Waals surface area contributed by atoms with Crippen LogP contribution in [0.3, 0.4) is 0 Å². The van der Waals surface area contributed by atoms with Gasteiger partial charge in [-0.2, -0.15) is 0 Å². The molecule has 1 aromatic carbocycles. The van der Waals surface area contributed by atoms with Crippen LogP contribution in [0.1, 0.15) is 37.8 Å². The van der Waals surface area contributed by atoms with Crippen LogP contribution in [0.5, 0.6) is 0 Å². The molecule has 1 saturated carbocycles. The van der Waals surface area contributed by atoms with Crippen LogP contribution in [0.2, 0.25) is 0 Å². The molecule has 1 aliphatic carbocycles. The molecule has 0 bridgehead atoms. The van der Waals surface area contributed by atoms with Crippen LogP contribution < -0.4 is 5.32 Å². The van der Waals surface area contributed by atoms with Crippen molar-refractivity contribution in [3.8, 4) is 0 Å². The Bertz CT molecular complexity index is 436. The summed E-state index contributed by atoms with van der Waals surface area (Å²) in [4.78, 5) is 11.5. The highest BCUT2D eigenvalue weighted by Crippen LogP contribution is 2.48. The molecule has 98 valence electrons. The van der Waals surface area contributed by atoms with Crippen molar-refractivity contribution in [1.29, 1.82) is 0 Å². The van der Waals surface area contributed by atoms with Crippen LogP contribution in [-0.2, 0) is 10.2 Å². The molecule has 0 saturated heterocycles. The Morgan fingerprint density at radius 3 is 2.72 bits per heavy atom. The van der Waals surface area contributed by atoms with E-state index in [2.05, 4.69) is 36.5 Å². The molecule has 1 amide bonds. The van der Waals surface area contributed by atoms with Crippen LogP contribution in [0.25, 0.3) is 0 Å². The van der Waals surface area contributed by atoms with Crippen molar-refractivity contribution < 1.29 is 9.53 Å². The Morgan fingerprint density at radius 1 is 1.44 bits per heavy atom. The Labute approximate surface area is 109 Å². The average molecular weight is 247 g/mol. The lowest BCUT2D eigenvalue weighted by molar-refractivity contribution is 0.132. The summed E-state index contributed by atoms with van der Waals surface area (Å²) in [5.74, 6) is 0. The lowest BCUT2D eigenvalue weighted by atomic mass is 9.95. The van der Waals surface area contributed by atoms with E-state index in [0.717, 1.165) is 12.8 Å². The second kappa shape index (κ2) is 5.01. The molecule has 3 heteroatoms. The van der Waals surface area contributed by atoms with E-state index in [1.165, 1.54) is 11.1 Å². The van der Waals surface area contributed by atoms with Gasteiger partial charge in [-0.15, -0.1) is 0 Å². The fourth-order valence-corrected chi connectivity index (χ4v) is 2.12. The number of nitrogens with one attached hydrogen (secondary N) is 1. The molecular formula is C15H21NO2. The summed E-state index contributed by atoms with van der Waals surface area (Å²) < 4.78 is 5.32. The number of carbonyl (C=O) groups is 1. The minimum atomic E-state index is -0.316. The summed E-state index contributed by atoms with van der Waals surface area (Å²) in [5, 5.41) is 2.74. The van der Waals surface area contributed by atoms with E-state index in [4.69, 9.17) is 4.74 Å². The average Bonchev–Trinajstić information content (AvgIpc) is 3.06. The van der Waals surface area contributed by atoms with E-state index in [1.54, 1.807) is 0 Å². The summed E-state index contributed by atoms with van der Waals surface area (Å²) in [6.07, 6.45) is 1.89. The normalized spacial score (nSPS) is 16.4. The first-order valence-electron chi connectivity index (χ1n) is 6.52. The Morgan fingerprint density at radius 2 is 2.17 bits per heavy atom. The smallest absolute Gasteiger partial charge is 0.407 e. The van der Waals surface area contributed by atoms with Gasteiger partial charge in [0.1, 0.15) is 6.61 Å². The highest BCUT2D eigenvalue weighted by atomic mass is 16.5. The zero-order valence-electron chi connectivity index (χ0n) is 11.3. The number of alkyl carbamates (subject to hydrolysis) is 1. The van der Waals surface area contributed by atoms with Crippen molar-refractivity contribution in [2.75, 3.05) is 6.61 Å². The Balaban J connectivity index is 1.95. The SMILES string of the molecule is Cc1cccc(C2(COC(=O)NC(C)C)CC2)c1. The number of aryl methyl sites for hydroxylation is 1. The molecule has 0 unspecified atom stereocenters. The molecule has 1 aliphatic rings. The predicted molar refractivity (Wildman–Crippen MR) is 71.7 cm³/mol. The van der Waals surface area contributed by atoms with Crippen molar-refractivity contribution in [3.63, 3.8) is 0 Å². The van der Waals surface area contributed by atoms with Crippen molar-refractivity contribution >= 4 is 6.09 Å². The third-order valence-corrected chi connectivity index (χ3v) is 3.37. The molecule has 3 nitrogen and oxygen atoms in total. The standard InChI is InChI=1S/C15H21NO2/c1-11(2)16-14(17)18-10-15(7-8-15)13-6-4-5-12(3)9-13/h4-6,9,11H,7-8,10H2,1-3H3,(H,16,17). The molecule has 0 aromatic heterocycles. The van der Waals surface area contributed by atoms with Crippen molar-refractivity contribution in [3.05, 3.63) is 35.4 Å². The van der Waals surface area contributed by atoms with E-state index in [-0.39, 0.29) is 17.6 Å². The van der Waals surface area contributed by atoms with Gasteiger partial charge in [0.15, 0.2) is 0 Å². The van der Waals surface area contributed by atoms with Gasteiger partial charge in [-0.25, -0.2) is 4.79 Å². The zero-order chi connectivity index (χ0) is 13.2. The maximum Gasteiger partial charge on any atom is 0.407 e. The van der Waals surface area contributed by atoms with Gasteiger partial charge in [0, 0.05) is 11.5 Å². The van der Waals surface area contributed by atoms with Gasteiger partial charge < -0.3 is 10.1 Å². The second-order valence-electron chi connectivity index (χ2n) is 5.52. The van der Waals surface area contributed by atoms with Gasteiger partial charge in [0.05, 0.1) is 0 Å².